The van der Waals surface area contributed by atoms with E-state index < -0.39 is 5.54 Å². The van der Waals surface area contributed by atoms with Crippen molar-refractivity contribution in [3.05, 3.63) is 0 Å². The van der Waals surface area contributed by atoms with Gasteiger partial charge in [-0.05, 0) is 25.7 Å². The lowest BCUT2D eigenvalue weighted by Gasteiger charge is -2.32. The van der Waals surface area contributed by atoms with Gasteiger partial charge in [-0.1, -0.05) is 39.0 Å². The molecule has 18 heavy (non-hydrogen) atoms. The monoisotopic (exact) mass is 252 g/mol. The maximum atomic E-state index is 11.8. The van der Waals surface area contributed by atoms with E-state index in [1.807, 2.05) is 13.8 Å². The van der Waals surface area contributed by atoms with Crippen molar-refractivity contribution in [2.75, 3.05) is 6.54 Å². The van der Waals surface area contributed by atoms with Crippen LogP contribution in [0.25, 0.3) is 0 Å². The Labute approximate surface area is 109 Å². The molecule has 0 bridgehead atoms. The van der Waals surface area contributed by atoms with Gasteiger partial charge >= 0.3 is 6.03 Å². The Balaban J connectivity index is 1.94. The highest BCUT2D eigenvalue weighted by Crippen LogP contribution is 2.30. The van der Waals surface area contributed by atoms with Crippen LogP contribution in [0.4, 0.5) is 4.79 Å². The normalized spacial score (nSPS) is 29.8. The molecule has 2 fully saturated rings. The Morgan fingerprint density at radius 3 is 2.56 bits per heavy atom. The summed E-state index contributed by atoms with van der Waals surface area (Å²) in [5, 5.41) is 2.44. The van der Waals surface area contributed by atoms with E-state index in [4.69, 9.17) is 0 Å². The van der Waals surface area contributed by atoms with E-state index in [2.05, 4.69) is 5.32 Å². The van der Waals surface area contributed by atoms with Gasteiger partial charge in [-0.25, -0.2) is 4.79 Å². The molecule has 0 aromatic heterocycles. The molecule has 1 N–H and O–H groups in total. The number of amides is 3. The van der Waals surface area contributed by atoms with Crippen LogP contribution in [0.5, 0.6) is 0 Å². The minimum Gasteiger partial charge on any atom is -0.310 e. The molecule has 4 heteroatoms. The van der Waals surface area contributed by atoms with E-state index in [0.29, 0.717) is 13.0 Å². The summed E-state index contributed by atoms with van der Waals surface area (Å²) < 4.78 is 0. The molecule has 1 unspecified atom stereocenters. The number of carbonyl (C=O) groups excluding carboxylic acids is 2. The van der Waals surface area contributed by atoms with Crippen LogP contribution in [0.1, 0.15) is 58.8 Å². The van der Waals surface area contributed by atoms with Crippen molar-refractivity contribution >= 4 is 11.9 Å². The molecule has 1 saturated carbocycles. The summed E-state index contributed by atoms with van der Waals surface area (Å²) in [6.07, 6.45) is 8.28. The minimum absolute atomic E-state index is 0.140. The maximum Gasteiger partial charge on any atom is 0.325 e. The van der Waals surface area contributed by atoms with Gasteiger partial charge in [0.2, 0.25) is 0 Å². The molecule has 0 spiro atoms. The smallest absolute Gasteiger partial charge is 0.310 e. The lowest BCUT2D eigenvalue weighted by atomic mass is 9.86. The second kappa shape index (κ2) is 5.29. The van der Waals surface area contributed by atoms with Crippen LogP contribution in [0.15, 0.2) is 0 Å². The van der Waals surface area contributed by atoms with E-state index in [0.717, 1.165) is 12.3 Å². The van der Waals surface area contributed by atoms with Crippen molar-refractivity contribution in [3.63, 3.8) is 0 Å². The SMILES string of the molecule is CCC1(C)C(=O)NC(=O)N1CCC1CCCCC1. The molecule has 1 aliphatic heterocycles. The van der Waals surface area contributed by atoms with Crippen LogP contribution < -0.4 is 5.32 Å². The molecule has 1 aliphatic carbocycles. The number of urea groups is 1. The molecule has 2 aliphatic rings. The zero-order chi connectivity index (χ0) is 13.2. The third-order valence-corrected chi connectivity index (χ3v) is 4.72. The number of hydrogen-bond acceptors (Lipinski definition) is 2. The number of rotatable bonds is 4. The Morgan fingerprint density at radius 2 is 1.94 bits per heavy atom. The van der Waals surface area contributed by atoms with E-state index >= 15 is 0 Å². The fourth-order valence-electron chi connectivity index (χ4n) is 3.13. The number of carbonyl (C=O) groups is 2. The standard InChI is InChI=1S/C14H24N2O2/c1-3-14(2)12(17)15-13(18)16(14)10-9-11-7-5-4-6-8-11/h11H,3-10H2,1-2H3,(H,15,17,18). The summed E-state index contributed by atoms with van der Waals surface area (Å²) in [6, 6.07) is -0.208. The van der Waals surface area contributed by atoms with Crippen LogP contribution in [0, 0.1) is 5.92 Å². The van der Waals surface area contributed by atoms with E-state index in [9.17, 15) is 9.59 Å². The molecule has 0 aromatic rings. The first kappa shape index (κ1) is 13.4. The number of hydrogen-bond donors (Lipinski definition) is 1. The van der Waals surface area contributed by atoms with Crippen LogP contribution in [-0.4, -0.2) is 28.9 Å². The van der Waals surface area contributed by atoms with E-state index in [1.165, 1.54) is 32.1 Å². The molecule has 1 saturated heterocycles. The summed E-state index contributed by atoms with van der Waals surface area (Å²) >= 11 is 0. The third kappa shape index (κ3) is 2.38. The Bertz CT molecular complexity index is 337. The molecular weight excluding hydrogens is 228 g/mol. The third-order valence-electron chi connectivity index (χ3n) is 4.72. The molecule has 1 atom stereocenters. The average molecular weight is 252 g/mol. The summed E-state index contributed by atoms with van der Waals surface area (Å²) in [6.45, 7) is 4.55. The molecule has 0 aromatic carbocycles. The lowest BCUT2D eigenvalue weighted by Crippen LogP contribution is -2.47. The van der Waals surface area contributed by atoms with Gasteiger partial charge in [0.25, 0.3) is 5.91 Å². The van der Waals surface area contributed by atoms with Crippen molar-refractivity contribution < 1.29 is 9.59 Å². The summed E-state index contributed by atoms with van der Waals surface area (Å²) in [5.41, 5.74) is -0.633. The predicted molar refractivity (Wildman–Crippen MR) is 70.1 cm³/mol. The highest BCUT2D eigenvalue weighted by Gasteiger charge is 2.47. The van der Waals surface area contributed by atoms with Crippen molar-refractivity contribution in [3.8, 4) is 0 Å². The molecule has 1 heterocycles. The minimum atomic E-state index is -0.633. The van der Waals surface area contributed by atoms with Crippen molar-refractivity contribution in [1.29, 1.82) is 0 Å². The zero-order valence-electron chi connectivity index (χ0n) is 11.5. The van der Waals surface area contributed by atoms with Crippen molar-refractivity contribution in [2.45, 2.75) is 64.3 Å². The van der Waals surface area contributed by atoms with Gasteiger partial charge in [0.15, 0.2) is 0 Å². The molecule has 3 amide bonds. The predicted octanol–water partition coefficient (Wildman–Crippen LogP) is 2.68. The topological polar surface area (TPSA) is 49.4 Å². The number of nitrogens with one attached hydrogen (secondary N) is 1. The molecular formula is C14H24N2O2. The first-order valence-electron chi connectivity index (χ1n) is 7.21. The maximum absolute atomic E-state index is 11.8. The van der Waals surface area contributed by atoms with Crippen LogP contribution in [0.2, 0.25) is 0 Å². The highest BCUT2D eigenvalue weighted by molar-refractivity contribution is 6.06. The highest BCUT2D eigenvalue weighted by atomic mass is 16.2. The largest absolute Gasteiger partial charge is 0.325 e. The Morgan fingerprint density at radius 1 is 1.28 bits per heavy atom. The van der Waals surface area contributed by atoms with E-state index in [-0.39, 0.29) is 11.9 Å². The fourth-order valence-corrected chi connectivity index (χ4v) is 3.13. The molecule has 2 rings (SSSR count). The lowest BCUT2D eigenvalue weighted by molar-refractivity contribution is -0.126. The fraction of sp³-hybridized carbons (Fsp3) is 0.857. The second-order valence-corrected chi connectivity index (χ2v) is 5.83. The van der Waals surface area contributed by atoms with Gasteiger partial charge in [0, 0.05) is 6.54 Å². The number of imide groups is 1. The molecule has 4 nitrogen and oxygen atoms in total. The quantitative estimate of drug-likeness (QED) is 0.782. The van der Waals surface area contributed by atoms with Gasteiger partial charge in [-0.2, -0.15) is 0 Å². The summed E-state index contributed by atoms with van der Waals surface area (Å²) in [5.74, 6) is 0.599. The van der Waals surface area contributed by atoms with Gasteiger partial charge < -0.3 is 4.90 Å². The average Bonchev–Trinajstić information content (AvgIpc) is 2.60. The van der Waals surface area contributed by atoms with Crippen molar-refractivity contribution in [2.24, 2.45) is 5.92 Å². The second-order valence-electron chi connectivity index (χ2n) is 5.83. The zero-order valence-corrected chi connectivity index (χ0v) is 11.5. The van der Waals surface area contributed by atoms with Crippen LogP contribution in [-0.2, 0) is 4.79 Å². The van der Waals surface area contributed by atoms with Crippen molar-refractivity contribution in [1.82, 2.24) is 10.2 Å². The Hall–Kier alpha value is -1.06. The van der Waals surface area contributed by atoms with Gasteiger partial charge in [-0.3, -0.25) is 10.1 Å². The Kier molecular flexibility index (Phi) is 3.93. The number of nitrogens with zero attached hydrogens (tertiary/aromatic N) is 1. The first-order chi connectivity index (χ1) is 8.58. The van der Waals surface area contributed by atoms with Gasteiger partial charge in [-0.15, -0.1) is 0 Å². The molecule has 0 radical (unpaired) electrons. The first-order valence-corrected chi connectivity index (χ1v) is 7.21. The summed E-state index contributed by atoms with van der Waals surface area (Å²) in [7, 11) is 0. The van der Waals surface area contributed by atoms with Crippen LogP contribution >= 0.6 is 0 Å². The van der Waals surface area contributed by atoms with Crippen LogP contribution in [0.3, 0.4) is 0 Å². The van der Waals surface area contributed by atoms with Gasteiger partial charge in [0.1, 0.15) is 5.54 Å². The van der Waals surface area contributed by atoms with Gasteiger partial charge in [0.05, 0.1) is 0 Å². The molecule has 102 valence electrons. The van der Waals surface area contributed by atoms with E-state index in [1.54, 1.807) is 4.90 Å². The summed E-state index contributed by atoms with van der Waals surface area (Å²) in [4.78, 5) is 25.4.